The Labute approximate surface area is 111 Å². The minimum atomic E-state index is -0.160. The first-order valence-electron chi connectivity index (χ1n) is 6.36. The van der Waals surface area contributed by atoms with E-state index < -0.39 is 0 Å². The smallest absolute Gasteiger partial charge is 0.276 e. The third-order valence-corrected chi connectivity index (χ3v) is 3.33. The molecule has 0 unspecified atom stereocenters. The molecule has 0 radical (unpaired) electrons. The zero-order valence-electron chi connectivity index (χ0n) is 10.8. The van der Waals surface area contributed by atoms with Gasteiger partial charge in [-0.15, -0.1) is 0 Å². The lowest BCUT2D eigenvalue weighted by Gasteiger charge is -2.20. The minimum Gasteiger partial charge on any atom is -0.320 e. The number of anilines is 1. The number of carbonyl (C=O) groups is 1. The van der Waals surface area contributed by atoms with Gasteiger partial charge in [-0.1, -0.05) is 12.1 Å². The topological polar surface area (TPSA) is 59.0 Å². The van der Waals surface area contributed by atoms with Crippen molar-refractivity contribution in [2.45, 2.75) is 13.0 Å². The highest BCUT2D eigenvalue weighted by Gasteiger charge is 2.15. The summed E-state index contributed by atoms with van der Waals surface area (Å²) in [5.41, 5.74) is 3.82. The highest BCUT2D eigenvalue weighted by atomic mass is 16.1. The van der Waals surface area contributed by atoms with Gasteiger partial charge in [0.05, 0.1) is 0 Å². The molecule has 1 amide bonds. The Morgan fingerprint density at radius 1 is 1.42 bits per heavy atom. The summed E-state index contributed by atoms with van der Waals surface area (Å²) in [5.74, 6) is -0.160. The zero-order valence-corrected chi connectivity index (χ0v) is 10.8. The Kier molecular flexibility index (Phi) is 3.05. The standard InChI is InChI=1S/C14H16N4O/c1-18-8-6-13(17-18)14(19)16-12-4-2-3-10-9-15-7-5-11(10)12/h2-4,6,8,15H,5,7,9H2,1H3,(H,16,19). The van der Waals surface area contributed by atoms with Crippen molar-refractivity contribution in [3.63, 3.8) is 0 Å². The van der Waals surface area contributed by atoms with Crippen LogP contribution < -0.4 is 10.6 Å². The van der Waals surface area contributed by atoms with E-state index in [4.69, 9.17) is 0 Å². The molecule has 2 aromatic rings. The molecule has 2 N–H and O–H groups in total. The van der Waals surface area contributed by atoms with Gasteiger partial charge in [-0.05, 0) is 36.2 Å². The number of benzene rings is 1. The van der Waals surface area contributed by atoms with Crippen LogP contribution in [0.1, 0.15) is 21.6 Å². The summed E-state index contributed by atoms with van der Waals surface area (Å²) in [6.45, 7) is 1.81. The van der Waals surface area contributed by atoms with Gasteiger partial charge < -0.3 is 10.6 Å². The molecule has 0 atom stereocenters. The van der Waals surface area contributed by atoms with E-state index in [-0.39, 0.29) is 5.91 Å². The number of fused-ring (bicyclic) bond motifs is 1. The summed E-state index contributed by atoms with van der Waals surface area (Å²) in [6, 6.07) is 7.73. The molecule has 0 saturated heterocycles. The van der Waals surface area contributed by atoms with Gasteiger partial charge in [-0.3, -0.25) is 9.48 Å². The Morgan fingerprint density at radius 3 is 3.11 bits per heavy atom. The first kappa shape index (κ1) is 11.9. The maximum atomic E-state index is 12.1. The number of rotatable bonds is 2. The molecule has 1 aliphatic heterocycles. The number of carbonyl (C=O) groups excluding carboxylic acids is 1. The summed E-state index contributed by atoms with van der Waals surface area (Å²) < 4.78 is 1.62. The molecule has 1 aliphatic rings. The van der Waals surface area contributed by atoms with Crippen LogP contribution in [0.5, 0.6) is 0 Å². The van der Waals surface area contributed by atoms with E-state index in [9.17, 15) is 4.79 Å². The SMILES string of the molecule is Cn1ccc(C(=O)Nc2cccc3c2CCNC3)n1. The molecule has 3 rings (SSSR count). The van der Waals surface area contributed by atoms with E-state index in [1.807, 2.05) is 12.1 Å². The predicted molar refractivity (Wildman–Crippen MR) is 73.0 cm³/mol. The Bertz CT molecular complexity index is 618. The van der Waals surface area contributed by atoms with Crippen LogP contribution in [0.15, 0.2) is 30.5 Å². The number of hydrogen-bond acceptors (Lipinski definition) is 3. The van der Waals surface area contributed by atoms with E-state index in [1.54, 1.807) is 24.0 Å². The third-order valence-electron chi connectivity index (χ3n) is 3.33. The van der Waals surface area contributed by atoms with E-state index in [2.05, 4.69) is 21.8 Å². The second-order valence-electron chi connectivity index (χ2n) is 4.70. The van der Waals surface area contributed by atoms with E-state index in [1.165, 1.54) is 11.1 Å². The van der Waals surface area contributed by atoms with Crippen LogP contribution in [0.25, 0.3) is 0 Å². The lowest BCUT2D eigenvalue weighted by molar-refractivity contribution is 0.102. The number of hydrogen-bond donors (Lipinski definition) is 2. The van der Waals surface area contributed by atoms with Gasteiger partial charge in [0.1, 0.15) is 0 Å². The van der Waals surface area contributed by atoms with Crippen molar-refractivity contribution in [3.8, 4) is 0 Å². The van der Waals surface area contributed by atoms with Crippen molar-refractivity contribution in [1.29, 1.82) is 0 Å². The van der Waals surface area contributed by atoms with E-state index in [0.717, 1.165) is 25.2 Å². The predicted octanol–water partition coefficient (Wildman–Crippen LogP) is 1.32. The second-order valence-corrected chi connectivity index (χ2v) is 4.70. The fraction of sp³-hybridized carbons (Fsp3) is 0.286. The number of aromatic nitrogens is 2. The van der Waals surface area contributed by atoms with Crippen LogP contribution in [0, 0.1) is 0 Å². The molecule has 0 spiro atoms. The van der Waals surface area contributed by atoms with E-state index >= 15 is 0 Å². The van der Waals surface area contributed by atoms with Gasteiger partial charge in [-0.25, -0.2) is 0 Å². The Hall–Kier alpha value is -2.14. The van der Waals surface area contributed by atoms with Crippen molar-refractivity contribution in [2.24, 2.45) is 7.05 Å². The molecular formula is C14H16N4O. The summed E-state index contributed by atoms with van der Waals surface area (Å²) in [6.07, 6.45) is 2.70. The fourth-order valence-corrected chi connectivity index (χ4v) is 2.37. The molecule has 1 aromatic heterocycles. The molecule has 5 heteroatoms. The summed E-state index contributed by atoms with van der Waals surface area (Å²) in [4.78, 5) is 12.1. The lowest BCUT2D eigenvalue weighted by atomic mass is 9.99. The van der Waals surface area contributed by atoms with Gasteiger partial charge in [0.2, 0.25) is 0 Å². The third kappa shape index (κ3) is 2.37. The summed E-state index contributed by atoms with van der Waals surface area (Å²) >= 11 is 0. The van der Waals surface area contributed by atoms with Crippen LogP contribution in [-0.2, 0) is 20.0 Å². The van der Waals surface area contributed by atoms with Gasteiger partial charge in [0, 0.05) is 25.5 Å². The van der Waals surface area contributed by atoms with E-state index in [0.29, 0.717) is 5.69 Å². The molecule has 2 heterocycles. The van der Waals surface area contributed by atoms with Crippen molar-refractivity contribution in [3.05, 3.63) is 47.3 Å². The maximum absolute atomic E-state index is 12.1. The molecule has 5 nitrogen and oxygen atoms in total. The number of aryl methyl sites for hydroxylation is 1. The van der Waals surface area contributed by atoms with Gasteiger partial charge in [0.15, 0.2) is 5.69 Å². The molecule has 19 heavy (non-hydrogen) atoms. The number of amides is 1. The quantitative estimate of drug-likeness (QED) is 0.852. The van der Waals surface area contributed by atoms with Gasteiger partial charge in [-0.2, -0.15) is 5.10 Å². The fourth-order valence-electron chi connectivity index (χ4n) is 2.37. The van der Waals surface area contributed by atoms with Crippen molar-refractivity contribution < 1.29 is 4.79 Å². The molecule has 0 aliphatic carbocycles. The molecule has 0 saturated carbocycles. The minimum absolute atomic E-state index is 0.160. The Balaban J connectivity index is 1.85. The monoisotopic (exact) mass is 256 g/mol. The first-order valence-corrected chi connectivity index (χ1v) is 6.36. The van der Waals surface area contributed by atoms with Crippen LogP contribution in [0.4, 0.5) is 5.69 Å². The van der Waals surface area contributed by atoms with Crippen molar-refractivity contribution in [2.75, 3.05) is 11.9 Å². The molecule has 0 fully saturated rings. The molecule has 1 aromatic carbocycles. The maximum Gasteiger partial charge on any atom is 0.276 e. The first-order chi connectivity index (χ1) is 9.24. The van der Waals surface area contributed by atoms with Crippen LogP contribution >= 0.6 is 0 Å². The van der Waals surface area contributed by atoms with Gasteiger partial charge >= 0.3 is 0 Å². The normalized spacial score (nSPS) is 13.9. The number of nitrogens with one attached hydrogen (secondary N) is 2. The summed E-state index contributed by atoms with van der Waals surface area (Å²) in [7, 11) is 1.80. The Morgan fingerprint density at radius 2 is 2.32 bits per heavy atom. The average molecular weight is 256 g/mol. The largest absolute Gasteiger partial charge is 0.320 e. The highest BCUT2D eigenvalue weighted by Crippen LogP contribution is 2.23. The molecule has 98 valence electrons. The average Bonchev–Trinajstić information content (AvgIpc) is 2.86. The van der Waals surface area contributed by atoms with Crippen LogP contribution in [0.2, 0.25) is 0 Å². The molecule has 0 bridgehead atoms. The van der Waals surface area contributed by atoms with Crippen LogP contribution in [-0.4, -0.2) is 22.2 Å². The van der Waals surface area contributed by atoms with Crippen molar-refractivity contribution in [1.82, 2.24) is 15.1 Å². The second kappa shape index (κ2) is 4.85. The number of nitrogens with zero attached hydrogens (tertiary/aromatic N) is 2. The lowest BCUT2D eigenvalue weighted by Crippen LogP contribution is -2.25. The zero-order chi connectivity index (χ0) is 13.2. The molecular weight excluding hydrogens is 240 g/mol. The van der Waals surface area contributed by atoms with Crippen molar-refractivity contribution >= 4 is 11.6 Å². The van der Waals surface area contributed by atoms with Gasteiger partial charge in [0.25, 0.3) is 5.91 Å². The van der Waals surface area contributed by atoms with Crippen LogP contribution in [0.3, 0.4) is 0 Å². The highest BCUT2D eigenvalue weighted by molar-refractivity contribution is 6.03. The summed E-state index contributed by atoms with van der Waals surface area (Å²) in [5, 5.41) is 10.4.